The maximum absolute atomic E-state index is 5.19. The van der Waals surface area contributed by atoms with Gasteiger partial charge < -0.3 is 4.74 Å². The molecule has 1 rings (SSSR count). The van der Waals surface area contributed by atoms with Crippen LogP contribution in [0.5, 0.6) is 5.75 Å². The number of rotatable bonds is 4. The minimum atomic E-state index is -1.62. The van der Waals surface area contributed by atoms with E-state index in [1.165, 1.54) is 0 Å². The number of ether oxygens (including phenoxy) is 1. The highest BCUT2D eigenvalue weighted by Gasteiger charge is 2.41. The monoisotopic (exact) mass is 288 g/mol. The zero-order chi connectivity index (χ0) is 15.3. The Bertz CT molecular complexity index is 453. The van der Waals surface area contributed by atoms with Crippen molar-refractivity contribution in [2.24, 2.45) is 0 Å². The fraction of sp³-hybridized carbons (Fsp3) is 0.556. The molecule has 0 aliphatic heterocycles. The van der Waals surface area contributed by atoms with E-state index in [0.717, 1.165) is 11.3 Å². The Morgan fingerprint density at radius 1 is 0.850 bits per heavy atom. The maximum Gasteiger partial charge on any atom is 0.146 e. The molecule has 0 amide bonds. The van der Waals surface area contributed by atoms with Gasteiger partial charge in [-0.3, -0.25) is 0 Å². The lowest BCUT2D eigenvalue weighted by atomic mass is 10.2. The first-order chi connectivity index (χ1) is 9.34. The summed E-state index contributed by atoms with van der Waals surface area (Å²) in [5.41, 5.74) is 6.84. The van der Waals surface area contributed by atoms with E-state index < -0.39 is 8.07 Å². The van der Waals surface area contributed by atoms with Crippen molar-refractivity contribution in [3.05, 3.63) is 29.8 Å². The largest absolute Gasteiger partial charge is 0.497 e. The summed E-state index contributed by atoms with van der Waals surface area (Å²) in [6.07, 6.45) is 0. The molecule has 0 N–H and O–H groups in total. The average Bonchev–Trinajstić information content (AvgIpc) is 2.38. The molecule has 1 nitrogen and oxygen atoms in total. The lowest BCUT2D eigenvalue weighted by Crippen LogP contribution is -2.43. The molecule has 0 fully saturated rings. The third-order valence-electron chi connectivity index (χ3n) is 4.38. The van der Waals surface area contributed by atoms with Crippen LogP contribution in [0.25, 0.3) is 0 Å². The van der Waals surface area contributed by atoms with Crippen molar-refractivity contribution >= 4 is 8.07 Å². The van der Waals surface area contributed by atoms with Crippen molar-refractivity contribution in [2.45, 2.75) is 58.2 Å². The zero-order valence-electron chi connectivity index (χ0n) is 13.9. The predicted octanol–water partition coefficient (Wildman–Crippen LogP) is 5.26. The van der Waals surface area contributed by atoms with Crippen LogP contribution in [0, 0.1) is 11.5 Å². The van der Waals surface area contributed by atoms with Gasteiger partial charge in [-0.1, -0.05) is 47.5 Å². The Labute approximate surface area is 125 Å². The van der Waals surface area contributed by atoms with Crippen LogP contribution in [0.15, 0.2) is 24.3 Å². The van der Waals surface area contributed by atoms with Gasteiger partial charge in [0.15, 0.2) is 0 Å². The summed E-state index contributed by atoms with van der Waals surface area (Å²) >= 11 is 0. The molecule has 0 spiro atoms. The van der Waals surface area contributed by atoms with E-state index in [1.807, 2.05) is 24.3 Å². The van der Waals surface area contributed by atoms with Gasteiger partial charge >= 0.3 is 0 Å². The molecule has 0 aliphatic carbocycles. The van der Waals surface area contributed by atoms with Gasteiger partial charge in [0.2, 0.25) is 0 Å². The Morgan fingerprint density at radius 3 is 1.65 bits per heavy atom. The Kier molecular flexibility index (Phi) is 5.89. The molecule has 0 atom stereocenters. The van der Waals surface area contributed by atoms with Crippen LogP contribution < -0.4 is 4.74 Å². The minimum Gasteiger partial charge on any atom is -0.497 e. The van der Waals surface area contributed by atoms with Crippen LogP contribution in [-0.2, 0) is 0 Å². The van der Waals surface area contributed by atoms with Gasteiger partial charge in [0.05, 0.1) is 7.11 Å². The summed E-state index contributed by atoms with van der Waals surface area (Å²) in [6, 6.07) is 8.05. The molecule has 0 saturated carbocycles. The van der Waals surface area contributed by atoms with Crippen LogP contribution in [0.2, 0.25) is 16.6 Å². The number of methoxy groups -OCH3 is 1. The smallest absolute Gasteiger partial charge is 0.146 e. The molecule has 0 saturated heterocycles. The molecule has 0 bridgehead atoms. The second-order valence-electron chi connectivity index (χ2n) is 6.38. The van der Waals surface area contributed by atoms with E-state index in [2.05, 4.69) is 53.0 Å². The topological polar surface area (TPSA) is 9.23 Å². The molecular formula is C18H28OSi. The third-order valence-corrected chi connectivity index (χ3v) is 10.7. The van der Waals surface area contributed by atoms with Crippen LogP contribution >= 0.6 is 0 Å². The standard InChI is InChI=1S/C18H28OSi/c1-14(2)20(15(3)4,16(5)6)13-12-17-8-10-18(19-7)11-9-17/h8-11,14-16H,1-7H3. The first kappa shape index (κ1) is 16.9. The number of benzene rings is 1. The molecular weight excluding hydrogens is 260 g/mol. The summed E-state index contributed by atoms with van der Waals surface area (Å²) in [5.74, 6) is 4.32. The molecule has 0 unspecified atom stereocenters. The van der Waals surface area contributed by atoms with E-state index >= 15 is 0 Å². The van der Waals surface area contributed by atoms with E-state index in [0.29, 0.717) is 16.6 Å². The highest BCUT2D eigenvalue weighted by atomic mass is 28.3. The Balaban J connectivity index is 3.16. The maximum atomic E-state index is 5.19. The lowest BCUT2D eigenvalue weighted by Gasteiger charge is -2.38. The highest BCUT2D eigenvalue weighted by molar-refractivity contribution is 6.90. The zero-order valence-corrected chi connectivity index (χ0v) is 14.9. The van der Waals surface area contributed by atoms with Crippen LogP contribution in [0.4, 0.5) is 0 Å². The predicted molar refractivity (Wildman–Crippen MR) is 90.9 cm³/mol. The molecule has 0 aliphatic rings. The van der Waals surface area contributed by atoms with Gasteiger partial charge in [-0.15, -0.1) is 5.54 Å². The summed E-state index contributed by atoms with van der Waals surface area (Å²) < 4.78 is 5.19. The van der Waals surface area contributed by atoms with Crippen molar-refractivity contribution in [2.75, 3.05) is 7.11 Å². The van der Waals surface area contributed by atoms with Crippen molar-refractivity contribution in [1.82, 2.24) is 0 Å². The molecule has 0 heterocycles. The minimum absolute atomic E-state index is 0.674. The van der Waals surface area contributed by atoms with E-state index in [1.54, 1.807) is 7.11 Å². The SMILES string of the molecule is COc1ccc(C#C[Si](C(C)C)(C(C)C)C(C)C)cc1. The Hall–Kier alpha value is -1.20. The Morgan fingerprint density at radius 2 is 1.30 bits per heavy atom. The molecule has 20 heavy (non-hydrogen) atoms. The van der Waals surface area contributed by atoms with E-state index in [9.17, 15) is 0 Å². The first-order valence-electron chi connectivity index (χ1n) is 7.51. The van der Waals surface area contributed by atoms with Gasteiger partial charge in [0, 0.05) is 5.56 Å². The summed E-state index contributed by atoms with van der Waals surface area (Å²) in [5, 5.41) is 0. The molecule has 0 radical (unpaired) electrons. The second-order valence-corrected chi connectivity index (χ2v) is 12.0. The number of hydrogen-bond acceptors (Lipinski definition) is 1. The van der Waals surface area contributed by atoms with Gasteiger partial charge in [-0.2, -0.15) is 0 Å². The fourth-order valence-electron chi connectivity index (χ4n) is 3.29. The van der Waals surface area contributed by atoms with Gasteiger partial charge in [-0.25, -0.2) is 0 Å². The van der Waals surface area contributed by atoms with Crippen molar-refractivity contribution in [1.29, 1.82) is 0 Å². The second kappa shape index (κ2) is 6.99. The fourth-order valence-corrected chi connectivity index (χ4v) is 8.51. The van der Waals surface area contributed by atoms with E-state index in [-0.39, 0.29) is 0 Å². The molecule has 0 aromatic heterocycles. The van der Waals surface area contributed by atoms with Crippen molar-refractivity contribution in [3.8, 4) is 17.2 Å². The molecule has 2 heteroatoms. The van der Waals surface area contributed by atoms with Crippen molar-refractivity contribution < 1.29 is 4.74 Å². The normalized spacial score (nSPS) is 11.7. The van der Waals surface area contributed by atoms with Crippen molar-refractivity contribution in [3.63, 3.8) is 0 Å². The van der Waals surface area contributed by atoms with Crippen LogP contribution in [-0.4, -0.2) is 15.2 Å². The summed E-state index contributed by atoms with van der Waals surface area (Å²) in [7, 11) is 0.0648. The van der Waals surface area contributed by atoms with Gasteiger partial charge in [0.25, 0.3) is 0 Å². The first-order valence-corrected chi connectivity index (χ1v) is 9.75. The third kappa shape index (κ3) is 3.46. The average molecular weight is 289 g/mol. The van der Waals surface area contributed by atoms with Crippen LogP contribution in [0.1, 0.15) is 47.1 Å². The number of hydrogen-bond donors (Lipinski definition) is 0. The summed E-state index contributed by atoms with van der Waals surface area (Å²) in [6.45, 7) is 14.1. The van der Waals surface area contributed by atoms with Gasteiger partial charge in [0.1, 0.15) is 13.8 Å². The molecule has 110 valence electrons. The molecule has 1 aromatic rings. The van der Waals surface area contributed by atoms with Crippen LogP contribution in [0.3, 0.4) is 0 Å². The quantitative estimate of drug-likeness (QED) is 0.542. The summed E-state index contributed by atoms with van der Waals surface area (Å²) in [4.78, 5) is 0. The van der Waals surface area contributed by atoms with E-state index in [4.69, 9.17) is 4.74 Å². The highest BCUT2D eigenvalue weighted by Crippen LogP contribution is 2.40. The van der Waals surface area contributed by atoms with Gasteiger partial charge in [-0.05, 0) is 40.9 Å². The molecule has 1 aromatic carbocycles. The lowest BCUT2D eigenvalue weighted by molar-refractivity contribution is 0.415.